The number of methoxy groups -OCH3 is 1. The Labute approximate surface area is 151 Å². The van der Waals surface area contributed by atoms with Crippen molar-refractivity contribution in [2.75, 3.05) is 7.11 Å². The molecule has 0 radical (unpaired) electrons. The van der Waals surface area contributed by atoms with E-state index < -0.39 is 0 Å². The molecule has 0 atom stereocenters. The highest BCUT2D eigenvalue weighted by Gasteiger charge is 2.17. The highest BCUT2D eigenvalue weighted by molar-refractivity contribution is 5.65. The van der Waals surface area contributed by atoms with Crippen LogP contribution in [0.4, 0.5) is 0 Å². The number of rotatable bonds is 4. The van der Waals surface area contributed by atoms with E-state index in [-0.39, 0.29) is 0 Å². The fraction of sp³-hybridized carbons (Fsp3) is 0.0952. The molecule has 2 heterocycles. The fourth-order valence-corrected chi connectivity index (χ4v) is 2.81. The Balaban J connectivity index is 1.92. The summed E-state index contributed by atoms with van der Waals surface area (Å²) in [6.07, 6.45) is 1.76. The third-order valence-corrected chi connectivity index (χ3v) is 4.20. The van der Waals surface area contributed by atoms with E-state index in [0.29, 0.717) is 5.82 Å². The molecule has 0 aliphatic heterocycles. The van der Waals surface area contributed by atoms with Gasteiger partial charge in [-0.15, -0.1) is 10.2 Å². The summed E-state index contributed by atoms with van der Waals surface area (Å²) in [4.78, 5) is 4.44. The van der Waals surface area contributed by atoms with E-state index in [1.54, 1.807) is 13.3 Å². The van der Waals surface area contributed by atoms with Crippen molar-refractivity contribution in [3.05, 3.63) is 78.5 Å². The lowest BCUT2D eigenvalue weighted by Gasteiger charge is -2.11. The van der Waals surface area contributed by atoms with Crippen molar-refractivity contribution < 1.29 is 4.74 Å². The predicted octanol–water partition coefficient (Wildman–Crippen LogP) is 4.31. The highest BCUT2D eigenvalue weighted by atomic mass is 16.5. The van der Waals surface area contributed by atoms with Gasteiger partial charge in [-0.05, 0) is 43.3 Å². The maximum Gasteiger partial charge on any atom is 0.187 e. The average molecular weight is 342 g/mol. The van der Waals surface area contributed by atoms with Gasteiger partial charge in [0.15, 0.2) is 11.6 Å². The number of pyridine rings is 1. The summed E-state index contributed by atoms with van der Waals surface area (Å²) in [5, 5.41) is 8.88. The zero-order chi connectivity index (χ0) is 17.9. The van der Waals surface area contributed by atoms with E-state index >= 15 is 0 Å². The minimum Gasteiger partial charge on any atom is -0.497 e. The van der Waals surface area contributed by atoms with Crippen molar-refractivity contribution in [1.29, 1.82) is 0 Å². The zero-order valence-electron chi connectivity index (χ0n) is 14.6. The summed E-state index contributed by atoms with van der Waals surface area (Å²) in [6, 6.07) is 21.9. The Kier molecular flexibility index (Phi) is 4.19. The van der Waals surface area contributed by atoms with Gasteiger partial charge < -0.3 is 4.74 Å². The highest BCUT2D eigenvalue weighted by Crippen LogP contribution is 2.28. The van der Waals surface area contributed by atoms with E-state index in [1.165, 1.54) is 5.56 Å². The number of ether oxygens (including phenoxy) is 1. The van der Waals surface area contributed by atoms with Gasteiger partial charge in [-0.3, -0.25) is 9.55 Å². The van der Waals surface area contributed by atoms with E-state index in [0.717, 1.165) is 28.5 Å². The lowest BCUT2D eigenvalue weighted by molar-refractivity contribution is 0.415. The zero-order valence-corrected chi connectivity index (χ0v) is 14.6. The molecule has 5 heteroatoms. The Morgan fingerprint density at radius 2 is 1.54 bits per heavy atom. The van der Waals surface area contributed by atoms with E-state index in [2.05, 4.69) is 46.4 Å². The Morgan fingerprint density at radius 1 is 0.808 bits per heavy atom. The van der Waals surface area contributed by atoms with Crippen molar-refractivity contribution in [2.24, 2.45) is 0 Å². The van der Waals surface area contributed by atoms with Crippen LogP contribution in [-0.4, -0.2) is 26.9 Å². The lowest BCUT2D eigenvalue weighted by atomic mass is 10.1. The molecular formula is C21H18N4O. The number of aryl methyl sites for hydroxylation is 1. The topological polar surface area (TPSA) is 52.8 Å². The molecule has 4 rings (SSSR count). The van der Waals surface area contributed by atoms with Crippen LogP contribution in [0.2, 0.25) is 0 Å². The van der Waals surface area contributed by atoms with Crippen LogP contribution < -0.4 is 4.74 Å². The minimum atomic E-state index is 0.700. The molecule has 2 aromatic heterocycles. The molecular weight excluding hydrogens is 324 g/mol. The van der Waals surface area contributed by atoms with Crippen molar-refractivity contribution in [1.82, 2.24) is 19.7 Å². The Bertz CT molecular complexity index is 1010. The minimum absolute atomic E-state index is 0.700. The first kappa shape index (κ1) is 16.0. The molecule has 0 aliphatic carbocycles. The molecule has 0 fully saturated rings. The first-order valence-electron chi connectivity index (χ1n) is 8.34. The van der Waals surface area contributed by atoms with Crippen LogP contribution in [0, 0.1) is 6.92 Å². The number of hydrogen-bond acceptors (Lipinski definition) is 4. The molecule has 0 amide bonds. The summed E-state index contributed by atoms with van der Waals surface area (Å²) in [5.41, 5.74) is 3.93. The smallest absolute Gasteiger partial charge is 0.187 e. The molecule has 0 saturated carbocycles. The fourth-order valence-electron chi connectivity index (χ4n) is 2.81. The summed E-state index contributed by atoms with van der Waals surface area (Å²) >= 11 is 0. The van der Waals surface area contributed by atoms with E-state index in [1.807, 2.05) is 47.0 Å². The van der Waals surface area contributed by atoms with Crippen molar-refractivity contribution in [2.45, 2.75) is 6.92 Å². The van der Waals surface area contributed by atoms with E-state index in [4.69, 9.17) is 4.74 Å². The summed E-state index contributed by atoms with van der Waals surface area (Å²) in [5.74, 6) is 2.28. The quantitative estimate of drug-likeness (QED) is 0.554. The van der Waals surface area contributed by atoms with Crippen LogP contribution in [0.3, 0.4) is 0 Å². The monoisotopic (exact) mass is 342 g/mol. The number of benzene rings is 2. The maximum atomic E-state index is 5.28. The van der Waals surface area contributed by atoms with Crippen LogP contribution >= 0.6 is 0 Å². The van der Waals surface area contributed by atoms with Crippen LogP contribution in [0.1, 0.15) is 5.56 Å². The van der Waals surface area contributed by atoms with Crippen LogP contribution in [0.15, 0.2) is 72.9 Å². The molecule has 4 aromatic rings. The second kappa shape index (κ2) is 6.80. The van der Waals surface area contributed by atoms with Gasteiger partial charge in [0.25, 0.3) is 0 Å². The molecule has 0 bridgehead atoms. The van der Waals surface area contributed by atoms with Gasteiger partial charge in [0.2, 0.25) is 0 Å². The standard InChI is InChI=1S/C21H18N4O/c1-15-6-8-16(9-7-15)20-23-24-21(19-5-3-4-14-22-19)25(20)17-10-12-18(26-2)13-11-17/h3-14H,1-2H3. The molecule has 5 nitrogen and oxygen atoms in total. The lowest BCUT2D eigenvalue weighted by Crippen LogP contribution is -2.01. The molecule has 0 N–H and O–H groups in total. The number of aromatic nitrogens is 4. The van der Waals surface area contributed by atoms with Gasteiger partial charge in [-0.25, -0.2) is 0 Å². The molecule has 0 aliphatic rings. The number of hydrogen-bond donors (Lipinski definition) is 0. The van der Waals surface area contributed by atoms with Crippen molar-refractivity contribution >= 4 is 0 Å². The van der Waals surface area contributed by atoms with Gasteiger partial charge in [-0.1, -0.05) is 35.9 Å². The average Bonchev–Trinajstić information content (AvgIpc) is 3.14. The van der Waals surface area contributed by atoms with Crippen molar-refractivity contribution in [3.63, 3.8) is 0 Å². The Morgan fingerprint density at radius 3 is 2.19 bits per heavy atom. The van der Waals surface area contributed by atoms with Gasteiger partial charge in [0.05, 0.1) is 7.11 Å². The van der Waals surface area contributed by atoms with Gasteiger partial charge in [-0.2, -0.15) is 0 Å². The first-order valence-corrected chi connectivity index (χ1v) is 8.34. The third-order valence-electron chi connectivity index (χ3n) is 4.20. The third kappa shape index (κ3) is 2.95. The Hall–Kier alpha value is -3.47. The molecule has 2 aromatic carbocycles. The summed E-state index contributed by atoms with van der Waals surface area (Å²) in [7, 11) is 1.66. The molecule has 0 spiro atoms. The van der Waals surface area contributed by atoms with Crippen molar-refractivity contribution in [3.8, 4) is 34.3 Å². The second-order valence-corrected chi connectivity index (χ2v) is 5.96. The van der Waals surface area contributed by atoms with Crippen LogP contribution in [0.25, 0.3) is 28.6 Å². The molecule has 26 heavy (non-hydrogen) atoms. The molecule has 0 unspecified atom stereocenters. The molecule has 0 saturated heterocycles. The summed E-state index contributed by atoms with van der Waals surface area (Å²) < 4.78 is 7.30. The van der Waals surface area contributed by atoms with Gasteiger partial charge >= 0.3 is 0 Å². The largest absolute Gasteiger partial charge is 0.497 e. The van der Waals surface area contributed by atoms with Crippen LogP contribution in [0.5, 0.6) is 5.75 Å². The predicted molar refractivity (Wildman–Crippen MR) is 101 cm³/mol. The molecule has 128 valence electrons. The maximum absolute atomic E-state index is 5.28. The summed E-state index contributed by atoms with van der Waals surface area (Å²) in [6.45, 7) is 2.07. The normalized spacial score (nSPS) is 10.7. The number of nitrogens with zero attached hydrogens (tertiary/aromatic N) is 4. The van der Waals surface area contributed by atoms with E-state index in [9.17, 15) is 0 Å². The SMILES string of the molecule is COc1ccc(-n2c(-c3ccc(C)cc3)nnc2-c2ccccn2)cc1. The second-order valence-electron chi connectivity index (χ2n) is 5.96. The van der Waals surface area contributed by atoms with Crippen LogP contribution in [-0.2, 0) is 0 Å². The first-order chi connectivity index (χ1) is 12.8. The van der Waals surface area contributed by atoms with Gasteiger partial charge in [0, 0.05) is 17.4 Å². The van der Waals surface area contributed by atoms with Gasteiger partial charge in [0.1, 0.15) is 11.4 Å².